The van der Waals surface area contributed by atoms with Gasteiger partial charge in [-0.05, 0) is 57.5 Å². The molecule has 146 valence electrons. The maximum absolute atomic E-state index is 12.6. The molecule has 0 aromatic carbocycles. The van der Waals surface area contributed by atoms with Crippen LogP contribution in [0, 0.1) is 0 Å². The van der Waals surface area contributed by atoms with Crippen LogP contribution in [0.4, 0.5) is 10.6 Å². The number of carbonyl (C=O) groups excluding carboxylic acids is 1. The summed E-state index contributed by atoms with van der Waals surface area (Å²) in [5.74, 6) is -0.531. The minimum absolute atomic E-state index is 0. The van der Waals surface area contributed by atoms with Gasteiger partial charge in [0, 0.05) is 18.8 Å². The molecule has 1 amide bonds. The van der Waals surface area contributed by atoms with Crippen LogP contribution in [0.2, 0.25) is 0 Å². The molecule has 0 unspecified atom stereocenters. The molecule has 2 heterocycles. The highest BCUT2D eigenvalue weighted by atomic mass is 35.5. The molecule has 1 atom stereocenters. The first-order valence-electron chi connectivity index (χ1n) is 7.86. The van der Waals surface area contributed by atoms with E-state index in [4.69, 9.17) is 9.84 Å². The van der Waals surface area contributed by atoms with Gasteiger partial charge in [-0.25, -0.2) is 14.6 Å². The zero-order chi connectivity index (χ0) is 17.7. The van der Waals surface area contributed by atoms with E-state index in [1.54, 1.807) is 17.0 Å². The van der Waals surface area contributed by atoms with Gasteiger partial charge in [0.05, 0.1) is 6.04 Å². The lowest BCUT2D eigenvalue weighted by atomic mass is 10.2. The van der Waals surface area contributed by atoms with Crippen molar-refractivity contribution in [2.75, 3.05) is 18.0 Å². The monoisotopic (exact) mass is 405 g/mol. The van der Waals surface area contributed by atoms with Crippen molar-refractivity contribution < 1.29 is 19.4 Å². The number of carboxylic acid groups (broad SMARTS) is 1. The smallest absolute Gasteiger partial charge is 0.416 e. The van der Waals surface area contributed by atoms with Gasteiger partial charge in [0.1, 0.15) is 11.4 Å². The largest absolute Gasteiger partial charge is 0.478 e. The van der Waals surface area contributed by atoms with Crippen molar-refractivity contribution in [3.63, 3.8) is 0 Å². The third-order valence-corrected chi connectivity index (χ3v) is 3.43. The van der Waals surface area contributed by atoms with Crippen LogP contribution in [0.5, 0.6) is 0 Å². The summed E-state index contributed by atoms with van der Waals surface area (Å²) in [6, 6.07) is 3.40. The predicted octanol–water partition coefficient (Wildman–Crippen LogP) is 3.13. The Labute approximate surface area is 165 Å². The number of hydrogen-bond acceptors (Lipinski definition) is 5. The van der Waals surface area contributed by atoms with E-state index in [0.29, 0.717) is 17.9 Å². The van der Waals surface area contributed by atoms with Gasteiger partial charge >= 0.3 is 12.1 Å². The number of nitrogens with one attached hydrogen (secondary N) is 1. The molecule has 0 spiro atoms. The van der Waals surface area contributed by atoms with Crippen LogP contribution >= 0.6 is 24.8 Å². The Bertz CT molecular complexity index is 624. The molecule has 1 aliphatic heterocycles. The first-order chi connectivity index (χ1) is 11.3. The Kier molecular flexibility index (Phi) is 9.62. The van der Waals surface area contributed by atoms with Crippen LogP contribution in [-0.4, -0.2) is 46.9 Å². The lowest BCUT2D eigenvalue weighted by Crippen LogP contribution is -2.45. The van der Waals surface area contributed by atoms with E-state index in [0.717, 1.165) is 19.0 Å². The SMILES string of the molecule is CC(C)(C)OC(=O)N(c1ccc(/C=C/C(=O)O)cn1)[C@@H]1CCNC1.Cl.Cl. The van der Waals surface area contributed by atoms with Gasteiger partial charge in [-0.1, -0.05) is 0 Å². The number of pyridine rings is 1. The van der Waals surface area contributed by atoms with Gasteiger partial charge in [0.25, 0.3) is 0 Å². The predicted molar refractivity (Wildman–Crippen MR) is 105 cm³/mol. The number of aromatic nitrogens is 1. The number of carbonyl (C=O) groups is 2. The number of anilines is 1. The van der Waals surface area contributed by atoms with Crippen molar-refractivity contribution in [1.82, 2.24) is 10.3 Å². The van der Waals surface area contributed by atoms with Crippen molar-refractivity contribution in [3.8, 4) is 0 Å². The van der Waals surface area contributed by atoms with Crippen molar-refractivity contribution >= 4 is 48.8 Å². The zero-order valence-electron chi connectivity index (χ0n) is 15.0. The third kappa shape index (κ3) is 7.19. The fraction of sp³-hybridized carbons (Fsp3) is 0.471. The van der Waals surface area contributed by atoms with Gasteiger partial charge in [-0.15, -0.1) is 24.8 Å². The van der Waals surface area contributed by atoms with Crippen LogP contribution in [0.3, 0.4) is 0 Å². The third-order valence-electron chi connectivity index (χ3n) is 3.43. The topological polar surface area (TPSA) is 91.8 Å². The Morgan fingerprint density at radius 1 is 1.35 bits per heavy atom. The molecule has 7 nitrogen and oxygen atoms in total. The molecule has 1 aromatic heterocycles. The Balaban J connectivity index is 0.00000312. The van der Waals surface area contributed by atoms with Crippen molar-refractivity contribution in [3.05, 3.63) is 30.0 Å². The first-order valence-corrected chi connectivity index (χ1v) is 7.86. The average Bonchev–Trinajstić information content (AvgIpc) is 2.98. The number of carboxylic acids is 1. The highest BCUT2D eigenvalue weighted by molar-refractivity contribution is 5.88. The molecule has 9 heteroatoms. The van der Waals surface area contributed by atoms with E-state index in [1.807, 2.05) is 20.8 Å². The summed E-state index contributed by atoms with van der Waals surface area (Å²) in [7, 11) is 0. The Morgan fingerprint density at radius 3 is 2.50 bits per heavy atom. The number of aliphatic carboxylic acids is 1. The molecule has 1 aliphatic rings. The molecular formula is C17H25Cl2N3O4. The van der Waals surface area contributed by atoms with Gasteiger partial charge in [0.15, 0.2) is 0 Å². The summed E-state index contributed by atoms with van der Waals surface area (Å²) in [4.78, 5) is 29.0. The number of amides is 1. The normalized spacial score (nSPS) is 16.5. The lowest BCUT2D eigenvalue weighted by molar-refractivity contribution is -0.131. The molecule has 1 saturated heterocycles. The van der Waals surface area contributed by atoms with E-state index in [9.17, 15) is 9.59 Å². The summed E-state index contributed by atoms with van der Waals surface area (Å²) in [6.45, 7) is 6.99. The van der Waals surface area contributed by atoms with Gasteiger partial charge < -0.3 is 15.2 Å². The van der Waals surface area contributed by atoms with E-state index in [2.05, 4.69) is 10.3 Å². The zero-order valence-corrected chi connectivity index (χ0v) is 16.6. The summed E-state index contributed by atoms with van der Waals surface area (Å²) >= 11 is 0. The molecule has 26 heavy (non-hydrogen) atoms. The molecule has 0 aliphatic carbocycles. The molecule has 1 aromatic rings. The number of rotatable bonds is 4. The van der Waals surface area contributed by atoms with E-state index < -0.39 is 17.7 Å². The maximum atomic E-state index is 12.6. The second-order valence-corrected chi connectivity index (χ2v) is 6.62. The minimum Gasteiger partial charge on any atom is -0.478 e. The molecular weight excluding hydrogens is 381 g/mol. The molecule has 0 radical (unpaired) electrons. The summed E-state index contributed by atoms with van der Waals surface area (Å²) in [5, 5.41) is 11.9. The highest BCUT2D eigenvalue weighted by Gasteiger charge is 2.32. The Hall–Kier alpha value is -1.83. The van der Waals surface area contributed by atoms with Crippen LogP contribution in [0.25, 0.3) is 6.08 Å². The molecule has 0 bridgehead atoms. The minimum atomic E-state index is -1.02. The fourth-order valence-corrected chi connectivity index (χ4v) is 2.41. The van der Waals surface area contributed by atoms with Crippen LogP contribution in [0.15, 0.2) is 24.4 Å². The van der Waals surface area contributed by atoms with Crippen molar-refractivity contribution in [1.29, 1.82) is 0 Å². The second-order valence-electron chi connectivity index (χ2n) is 6.62. The standard InChI is InChI=1S/C17H23N3O4.2ClH/c1-17(2,3)24-16(23)20(13-8-9-18-11-13)14-6-4-12(10-19-14)5-7-15(21)22;;/h4-7,10,13,18H,8-9,11H2,1-3H3,(H,21,22);2*1H/b7-5+;;/t13-;;/m1../s1. The van der Waals surface area contributed by atoms with Gasteiger partial charge in [-0.2, -0.15) is 0 Å². The highest BCUT2D eigenvalue weighted by Crippen LogP contribution is 2.22. The molecule has 1 fully saturated rings. The van der Waals surface area contributed by atoms with Crippen LogP contribution < -0.4 is 10.2 Å². The van der Waals surface area contributed by atoms with E-state index in [1.165, 1.54) is 12.3 Å². The molecule has 0 saturated carbocycles. The summed E-state index contributed by atoms with van der Waals surface area (Å²) in [5.41, 5.74) is 0.0563. The van der Waals surface area contributed by atoms with Gasteiger partial charge in [0.2, 0.25) is 0 Å². The lowest BCUT2D eigenvalue weighted by Gasteiger charge is -2.30. The Morgan fingerprint density at radius 2 is 2.04 bits per heavy atom. The quantitative estimate of drug-likeness (QED) is 0.747. The number of ether oxygens (including phenoxy) is 1. The number of nitrogens with zero attached hydrogens (tertiary/aromatic N) is 2. The first kappa shape index (κ1) is 24.2. The fourth-order valence-electron chi connectivity index (χ4n) is 2.41. The van der Waals surface area contributed by atoms with E-state index in [-0.39, 0.29) is 30.9 Å². The van der Waals surface area contributed by atoms with Gasteiger partial charge in [-0.3, -0.25) is 4.90 Å². The summed E-state index contributed by atoms with van der Waals surface area (Å²) in [6.07, 6.45) is 4.42. The number of hydrogen-bond donors (Lipinski definition) is 2. The van der Waals surface area contributed by atoms with Crippen LogP contribution in [0.1, 0.15) is 32.8 Å². The van der Waals surface area contributed by atoms with Crippen molar-refractivity contribution in [2.45, 2.75) is 38.8 Å². The average molecular weight is 406 g/mol. The molecule has 2 N–H and O–H groups in total. The maximum Gasteiger partial charge on any atom is 0.416 e. The summed E-state index contributed by atoms with van der Waals surface area (Å²) < 4.78 is 5.50. The molecule has 2 rings (SSSR count). The van der Waals surface area contributed by atoms with Crippen molar-refractivity contribution in [2.24, 2.45) is 0 Å². The van der Waals surface area contributed by atoms with Crippen LogP contribution in [-0.2, 0) is 9.53 Å². The second kappa shape index (κ2) is 10.4. The van der Waals surface area contributed by atoms with E-state index >= 15 is 0 Å². The number of halogens is 2.